The summed E-state index contributed by atoms with van der Waals surface area (Å²) in [5, 5.41) is 4.39. The lowest BCUT2D eigenvalue weighted by molar-refractivity contribution is -0.125. The molecular weight excluding hydrogens is 286 g/mol. The van der Waals surface area contributed by atoms with Crippen molar-refractivity contribution in [1.82, 2.24) is 10.4 Å². The number of hydrazone groups is 1. The Kier molecular flexibility index (Phi) is 5.14. The first-order chi connectivity index (χ1) is 11.3. The predicted octanol–water partition coefficient (Wildman–Crippen LogP) is 3.53. The van der Waals surface area contributed by atoms with E-state index in [1.165, 1.54) is 6.42 Å². The quantitative estimate of drug-likeness (QED) is 0.694. The first kappa shape index (κ1) is 15.4. The van der Waals surface area contributed by atoms with E-state index in [-0.39, 0.29) is 11.8 Å². The van der Waals surface area contributed by atoms with Gasteiger partial charge in [-0.05, 0) is 25.0 Å². The summed E-state index contributed by atoms with van der Waals surface area (Å²) >= 11 is 0. The molecule has 118 valence electrons. The number of benzene rings is 1. The zero-order valence-electron chi connectivity index (χ0n) is 13.1. The van der Waals surface area contributed by atoms with Crippen molar-refractivity contribution in [3.8, 4) is 0 Å². The molecule has 1 aromatic carbocycles. The van der Waals surface area contributed by atoms with Gasteiger partial charge in [0, 0.05) is 17.7 Å². The molecule has 0 radical (unpaired) electrons. The number of carbonyl (C=O) groups excluding carboxylic acids is 1. The van der Waals surface area contributed by atoms with Gasteiger partial charge in [0.2, 0.25) is 5.91 Å². The molecule has 0 aliphatic heterocycles. The van der Waals surface area contributed by atoms with Crippen LogP contribution in [0.5, 0.6) is 0 Å². The third kappa shape index (κ3) is 4.03. The summed E-state index contributed by atoms with van der Waals surface area (Å²) in [6.45, 7) is 0. The SMILES string of the molecule is O=C(NN=C(c1ccccc1)c1ccccn1)C1CCCCC1. The van der Waals surface area contributed by atoms with Crippen molar-refractivity contribution in [2.45, 2.75) is 32.1 Å². The highest BCUT2D eigenvalue weighted by Crippen LogP contribution is 2.23. The molecule has 0 spiro atoms. The Hall–Kier alpha value is -2.49. The summed E-state index contributed by atoms with van der Waals surface area (Å²) < 4.78 is 0. The Morgan fingerprint density at radius 3 is 2.43 bits per heavy atom. The molecule has 1 amide bonds. The molecule has 0 bridgehead atoms. The van der Waals surface area contributed by atoms with Crippen LogP contribution < -0.4 is 5.43 Å². The Morgan fingerprint density at radius 1 is 1.00 bits per heavy atom. The van der Waals surface area contributed by atoms with Crippen molar-refractivity contribution in [2.24, 2.45) is 11.0 Å². The second kappa shape index (κ2) is 7.68. The first-order valence-corrected chi connectivity index (χ1v) is 8.19. The van der Waals surface area contributed by atoms with Gasteiger partial charge >= 0.3 is 0 Å². The summed E-state index contributed by atoms with van der Waals surface area (Å²) in [6.07, 6.45) is 7.16. The largest absolute Gasteiger partial charge is 0.273 e. The number of nitrogens with one attached hydrogen (secondary N) is 1. The minimum Gasteiger partial charge on any atom is -0.273 e. The van der Waals surface area contributed by atoms with Gasteiger partial charge in [-0.15, -0.1) is 0 Å². The Balaban J connectivity index is 1.82. The van der Waals surface area contributed by atoms with Crippen molar-refractivity contribution < 1.29 is 4.79 Å². The van der Waals surface area contributed by atoms with Crippen molar-refractivity contribution in [1.29, 1.82) is 0 Å². The number of hydrogen-bond donors (Lipinski definition) is 1. The van der Waals surface area contributed by atoms with Crippen LogP contribution >= 0.6 is 0 Å². The number of carbonyl (C=O) groups is 1. The molecule has 4 nitrogen and oxygen atoms in total. The lowest BCUT2D eigenvalue weighted by atomic mass is 9.89. The maximum atomic E-state index is 12.3. The smallest absolute Gasteiger partial charge is 0.243 e. The van der Waals surface area contributed by atoms with Crippen LogP contribution in [0, 0.1) is 5.92 Å². The lowest BCUT2D eigenvalue weighted by Crippen LogP contribution is -2.29. The number of hydrogen-bond acceptors (Lipinski definition) is 3. The molecule has 1 N–H and O–H groups in total. The van der Waals surface area contributed by atoms with E-state index in [0.29, 0.717) is 5.71 Å². The molecule has 0 saturated heterocycles. The van der Waals surface area contributed by atoms with Gasteiger partial charge in [-0.2, -0.15) is 5.10 Å². The highest BCUT2D eigenvalue weighted by atomic mass is 16.2. The fourth-order valence-electron chi connectivity index (χ4n) is 2.94. The van der Waals surface area contributed by atoms with E-state index in [0.717, 1.165) is 36.9 Å². The van der Waals surface area contributed by atoms with E-state index >= 15 is 0 Å². The summed E-state index contributed by atoms with van der Waals surface area (Å²) in [5.74, 6) is 0.113. The number of aromatic nitrogens is 1. The second-order valence-electron chi connectivity index (χ2n) is 5.85. The van der Waals surface area contributed by atoms with Crippen LogP contribution in [0.3, 0.4) is 0 Å². The first-order valence-electron chi connectivity index (χ1n) is 8.19. The van der Waals surface area contributed by atoms with E-state index in [2.05, 4.69) is 15.5 Å². The van der Waals surface area contributed by atoms with Gasteiger partial charge in [-0.3, -0.25) is 9.78 Å². The summed E-state index contributed by atoms with van der Waals surface area (Å²) in [6, 6.07) is 15.5. The van der Waals surface area contributed by atoms with Crippen molar-refractivity contribution in [2.75, 3.05) is 0 Å². The molecule has 1 aliphatic carbocycles. The molecule has 1 aromatic heterocycles. The minimum absolute atomic E-state index is 0.0223. The molecule has 2 aromatic rings. The Bertz CT molecular complexity index is 620. The third-order valence-electron chi connectivity index (χ3n) is 4.21. The summed E-state index contributed by atoms with van der Waals surface area (Å²) in [5.41, 5.74) is 5.14. The molecule has 1 saturated carbocycles. The number of amides is 1. The van der Waals surface area contributed by atoms with Crippen LogP contribution in [0.1, 0.15) is 43.4 Å². The zero-order valence-corrected chi connectivity index (χ0v) is 13.1. The fraction of sp³-hybridized carbons (Fsp3) is 0.316. The predicted molar refractivity (Wildman–Crippen MR) is 91.0 cm³/mol. The molecule has 23 heavy (non-hydrogen) atoms. The number of rotatable bonds is 4. The van der Waals surface area contributed by atoms with Crippen LogP contribution in [0.2, 0.25) is 0 Å². The second-order valence-corrected chi connectivity index (χ2v) is 5.85. The normalized spacial score (nSPS) is 16.1. The average molecular weight is 307 g/mol. The van der Waals surface area contributed by atoms with Crippen LogP contribution in [-0.2, 0) is 4.79 Å². The fourth-order valence-corrected chi connectivity index (χ4v) is 2.94. The maximum Gasteiger partial charge on any atom is 0.243 e. The van der Waals surface area contributed by atoms with Gasteiger partial charge in [0.25, 0.3) is 0 Å². The van der Waals surface area contributed by atoms with E-state index in [1.807, 2.05) is 48.5 Å². The van der Waals surface area contributed by atoms with Gasteiger partial charge < -0.3 is 0 Å². The molecule has 4 heteroatoms. The third-order valence-corrected chi connectivity index (χ3v) is 4.21. The highest BCUT2D eigenvalue weighted by molar-refractivity contribution is 6.11. The summed E-state index contributed by atoms with van der Waals surface area (Å²) in [4.78, 5) is 16.7. The monoisotopic (exact) mass is 307 g/mol. The van der Waals surface area contributed by atoms with E-state index < -0.39 is 0 Å². The van der Waals surface area contributed by atoms with E-state index in [4.69, 9.17) is 0 Å². The molecule has 3 rings (SSSR count). The molecular formula is C19H21N3O. The standard InChI is InChI=1S/C19H21N3O/c23-19(16-11-5-2-6-12-16)22-21-18(15-9-3-1-4-10-15)17-13-7-8-14-20-17/h1,3-4,7-10,13-14,16H,2,5-6,11-12H2,(H,22,23). The van der Waals surface area contributed by atoms with Crippen LogP contribution in [0.4, 0.5) is 0 Å². The molecule has 1 aliphatic rings. The van der Waals surface area contributed by atoms with Crippen molar-refractivity contribution >= 4 is 11.6 Å². The van der Waals surface area contributed by atoms with Gasteiger partial charge in [-0.1, -0.05) is 55.7 Å². The minimum atomic E-state index is 0.0223. The molecule has 1 fully saturated rings. The Morgan fingerprint density at radius 2 is 1.74 bits per heavy atom. The Labute approximate surface area is 136 Å². The number of pyridine rings is 1. The van der Waals surface area contributed by atoms with Gasteiger partial charge in [0.05, 0.1) is 5.69 Å². The molecule has 0 atom stereocenters. The average Bonchev–Trinajstić information content (AvgIpc) is 2.64. The van der Waals surface area contributed by atoms with Crippen LogP contribution in [0.15, 0.2) is 59.8 Å². The topological polar surface area (TPSA) is 54.4 Å². The van der Waals surface area contributed by atoms with Crippen LogP contribution in [-0.4, -0.2) is 16.6 Å². The number of nitrogens with zero attached hydrogens (tertiary/aromatic N) is 2. The van der Waals surface area contributed by atoms with Gasteiger partial charge in [0.1, 0.15) is 5.71 Å². The van der Waals surface area contributed by atoms with E-state index in [9.17, 15) is 4.79 Å². The van der Waals surface area contributed by atoms with E-state index in [1.54, 1.807) is 6.20 Å². The lowest BCUT2D eigenvalue weighted by Gasteiger charge is -2.19. The molecule has 0 unspecified atom stereocenters. The maximum absolute atomic E-state index is 12.3. The van der Waals surface area contributed by atoms with Gasteiger partial charge in [-0.25, -0.2) is 5.43 Å². The van der Waals surface area contributed by atoms with Crippen LogP contribution in [0.25, 0.3) is 0 Å². The highest BCUT2D eigenvalue weighted by Gasteiger charge is 2.21. The van der Waals surface area contributed by atoms with Gasteiger partial charge in [0.15, 0.2) is 0 Å². The summed E-state index contributed by atoms with van der Waals surface area (Å²) in [7, 11) is 0. The molecule has 1 heterocycles. The zero-order chi connectivity index (χ0) is 15.9. The van der Waals surface area contributed by atoms with Crippen molar-refractivity contribution in [3.05, 3.63) is 66.0 Å². The van der Waals surface area contributed by atoms with Crippen molar-refractivity contribution in [3.63, 3.8) is 0 Å².